The summed E-state index contributed by atoms with van der Waals surface area (Å²) in [5, 5.41) is 14.4. The third-order valence-corrected chi connectivity index (χ3v) is 6.05. The molecule has 3 nitrogen and oxygen atoms in total. The third-order valence-electron chi connectivity index (χ3n) is 6.05. The summed E-state index contributed by atoms with van der Waals surface area (Å²) in [4.78, 5) is 0. The van der Waals surface area contributed by atoms with Crippen LogP contribution in [0, 0.1) is 0 Å². The Morgan fingerprint density at radius 1 is 1.00 bits per heavy atom. The summed E-state index contributed by atoms with van der Waals surface area (Å²) in [5.74, 6) is 1.02. The lowest BCUT2D eigenvalue weighted by Crippen LogP contribution is -2.49. The number of ether oxygens (including phenoxy) is 1. The van der Waals surface area contributed by atoms with Gasteiger partial charge in [0.15, 0.2) is 0 Å². The van der Waals surface area contributed by atoms with Crippen molar-refractivity contribution in [3.63, 3.8) is 0 Å². The van der Waals surface area contributed by atoms with Crippen LogP contribution in [0.4, 0.5) is 0 Å². The smallest absolute Gasteiger partial charge is 0.124 e. The number of aliphatic hydroxyl groups excluding tert-OH is 1. The molecule has 0 aromatic heterocycles. The molecule has 0 bridgehead atoms. The number of fused-ring (bicyclic) bond motifs is 2. The molecule has 1 saturated carbocycles. The molecule has 1 aliphatic heterocycles. The number of rotatable bonds is 2. The van der Waals surface area contributed by atoms with Gasteiger partial charge < -0.3 is 15.2 Å². The predicted molar refractivity (Wildman–Crippen MR) is 93.0 cm³/mol. The monoisotopic (exact) mass is 321 g/mol. The summed E-state index contributed by atoms with van der Waals surface area (Å²) >= 11 is 0. The molecule has 0 saturated heterocycles. The van der Waals surface area contributed by atoms with Crippen LogP contribution in [0.25, 0.3) is 0 Å². The molecule has 2 aromatic carbocycles. The lowest BCUT2D eigenvalue weighted by atomic mass is 9.72. The highest BCUT2D eigenvalue weighted by molar-refractivity contribution is 5.41. The first-order chi connectivity index (χ1) is 11.7. The first-order valence-electron chi connectivity index (χ1n) is 9.04. The van der Waals surface area contributed by atoms with E-state index in [0.717, 1.165) is 31.4 Å². The molecule has 1 spiro atoms. The molecule has 0 radical (unpaired) electrons. The van der Waals surface area contributed by atoms with E-state index >= 15 is 0 Å². The standard InChI is InChI=1S/C21H23NO2/c23-18-12-14-6-1-2-7-15(14)20(18)22-17-13-21(10-5-11-21)24-19-9-4-3-8-16(17)19/h1-4,6-9,17-18,20,22-23H,5,10-13H2/t17-,18-,20-/m1/s1. The maximum atomic E-state index is 10.6. The fourth-order valence-electron chi connectivity index (χ4n) is 4.64. The number of benzene rings is 2. The highest BCUT2D eigenvalue weighted by Crippen LogP contribution is 2.49. The van der Waals surface area contributed by atoms with Crippen LogP contribution in [0.2, 0.25) is 0 Å². The van der Waals surface area contributed by atoms with Crippen LogP contribution in [0.5, 0.6) is 5.75 Å². The van der Waals surface area contributed by atoms with Gasteiger partial charge in [0, 0.05) is 24.4 Å². The zero-order chi connectivity index (χ0) is 16.1. The van der Waals surface area contributed by atoms with Crippen molar-refractivity contribution in [2.24, 2.45) is 0 Å². The van der Waals surface area contributed by atoms with E-state index < -0.39 is 0 Å². The lowest BCUT2D eigenvalue weighted by molar-refractivity contribution is -0.0399. The molecule has 5 rings (SSSR count). The first-order valence-corrected chi connectivity index (χ1v) is 9.04. The quantitative estimate of drug-likeness (QED) is 0.886. The van der Waals surface area contributed by atoms with E-state index in [4.69, 9.17) is 4.74 Å². The van der Waals surface area contributed by atoms with E-state index in [1.54, 1.807) is 0 Å². The number of para-hydroxylation sites is 1. The van der Waals surface area contributed by atoms with E-state index in [2.05, 4.69) is 47.8 Å². The molecule has 2 aliphatic carbocycles. The minimum atomic E-state index is -0.352. The molecule has 3 heteroatoms. The molecule has 24 heavy (non-hydrogen) atoms. The molecule has 0 amide bonds. The molecule has 3 aliphatic rings. The van der Waals surface area contributed by atoms with Crippen molar-refractivity contribution < 1.29 is 9.84 Å². The van der Waals surface area contributed by atoms with Gasteiger partial charge in [-0.2, -0.15) is 0 Å². The van der Waals surface area contributed by atoms with E-state index in [-0.39, 0.29) is 23.8 Å². The van der Waals surface area contributed by atoms with E-state index in [1.165, 1.54) is 23.1 Å². The highest BCUT2D eigenvalue weighted by Gasteiger charge is 2.46. The van der Waals surface area contributed by atoms with Crippen LogP contribution >= 0.6 is 0 Å². The lowest BCUT2D eigenvalue weighted by Gasteiger charge is -2.48. The Kier molecular flexibility index (Phi) is 3.22. The van der Waals surface area contributed by atoms with Crippen LogP contribution in [-0.2, 0) is 6.42 Å². The van der Waals surface area contributed by atoms with Gasteiger partial charge in [0.1, 0.15) is 11.4 Å². The number of hydrogen-bond donors (Lipinski definition) is 2. The molecule has 2 N–H and O–H groups in total. The van der Waals surface area contributed by atoms with Gasteiger partial charge in [-0.25, -0.2) is 0 Å². The van der Waals surface area contributed by atoms with Crippen molar-refractivity contribution in [1.82, 2.24) is 5.32 Å². The van der Waals surface area contributed by atoms with Gasteiger partial charge in [-0.3, -0.25) is 0 Å². The Balaban J connectivity index is 1.48. The van der Waals surface area contributed by atoms with Crippen molar-refractivity contribution in [3.05, 3.63) is 65.2 Å². The van der Waals surface area contributed by atoms with Crippen molar-refractivity contribution in [1.29, 1.82) is 0 Å². The molecule has 124 valence electrons. The average molecular weight is 321 g/mol. The number of nitrogens with one attached hydrogen (secondary N) is 1. The largest absolute Gasteiger partial charge is 0.487 e. The maximum absolute atomic E-state index is 10.6. The Morgan fingerprint density at radius 2 is 1.75 bits per heavy atom. The first kappa shape index (κ1) is 14.5. The molecule has 3 atom stereocenters. The fourth-order valence-corrected chi connectivity index (χ4v) is 4.64. The highest BCUT2D eigenvalue weighted by atomic mass is 16.5. The van der Waals surface area contributed by atoms with Gasteiger partial charge in [0.05, 0.1) is 12.1 Å². The topological polar surface area (TPSA) is 41.5 Å². The van der Waals surface area contributed by atoms with Crippen LogP contribution in [-0.4, -0.2) is 16.8 Å². The SMILES string of the molecule is O[C@@H]1Cc2ccccc2[C@H]1N[C@@H]1CC2(CCC2)Oc2ccccc21. The van der Waals surface area contributed by atoms with Crippen LogP contribution in [0.1, 0.15) is 54.5 Å². The molecule has 1 fully saturated rings. The summed E-state index contributed by atoms with van der Waals surface area (Å²) in [6, 6.07) is 17.0. The van der Waals surface area contributed by atoms with Gasteiger partial charge in [0.25, 0.3) is 0 Å². The second-order valence-electron chi connectivity index (χ2n) is 7.55. The summed E-state index contributed by atoms with van der Waals surface area (Å²) in [7, 11) is 0. The molecular weight excluding hydrogens is 298 g/mol. The molecule has 1 heterocycles. The van der Waals surface area contributed by atoms with Gasteiger partial charge in [-0.05, 0) is 36.5 Å². The molecule has 2 aromatic rings. The average Bonchev–Trinajstić information content (AvgIpc) is 2.89. The summed E-state index contributed by atoms with van der Waals surface area (Å²) < 4.78 is 6.34. The molecular formula is C21H23NO2. The van der Waals surface area contributed by atoms with Crippen molar-refractivity contribution in [2.75, 3.05) is 0 Å². The zero-order valence-corrected chi connectivity index (χ0v) is 13.7. The van der Waals surface area contributed by atoms with E-state index in [9.17, 15) is 5.11 Å². The summed E-state index contributed by atoms with van der Waals surface area (Å²) in [5.41, 5.74) is 3.75. The van der Waals surface area contributed by atoms with Crippen LogP contribution in [0.15, 0.2) is 48.5 Å². The zero-order valence-electron chi connectivity index (χ0n) is 13.7. The third kappa shape index (κ3) is 2.19. The maximum Gasteiger partial charge on any atom is 0.124 e. The van der Waals surface area contributed by atoms with Gasteiger partial charge in [-0.1, -0.05) is 42.5 Å². The number of hydrogen-bond acceptors (Lipinski definition) is 3. The molecule has 0 unspecified atom stereocenters. The summed E-state index contributed by atoms with van der Waals surface area (Å²) in [6.45, 7) is 0. The minimum absolute atomic E-state index is 0.00878. The Hall–Kier alpha value is -1.84. The second-order valence-corrected chi connectivity index (χ2v) is 7.55. The van der Waals surface area contributed by atoms with Crippen molar-refractivity contribution >= 4 is 0 Å². The number of aliphatic hydroxyl groups is 1. The van der Waals surface area contributed by atoms with Gasteiger partial charge in [-0.15, -0.1) is 0 Å². The van der Waals surface area contributed by atoms with Crippen molar-refractivity contribution in [2.45, 2.75) is 55.9 Å². The van der Waals surface area contributed by atoms with Crippen LogP contribution < -0.4 is 10.1 Å². The Morgan fingerprint density at radius 3 is 2.54 bits per heavy atom. The van der Waals surface area contributed by atoms with Crippen LogP contribution in [0.3, 0.4) is 0 Å². The fraction of sp³-hybridized carbons (Fsp3) is 0.429. The normalized spacial score (nSPS) is 29.5. The summed E-state index contributed by atoms with van der Waals surface area (Å²) in [6.07, 6.45) is 4.92. The van der Waals surface area contributed by atoms with Crippen molar-refractivity contribution in [3.8, 4) is 5.75 Å². The predicted octanol–water partition coefficient (Wildman–Crippen LogP) is 3.68. The Labute approximate surface area is 142 Å². The van der Waals surface area contributed by atoms with E-state index in [1.807, 2.05) is 6.07 Å². The second kappa shape index (κ2) is 5.33. The van der Waals surface area contributed by atoms with Gasteiger partial charge >= 0.3 is 0 Å². The Bertz CT molecular complexity index is 768. The van der Waals surface area contributed by atoms with Gasteiger partial charge in [0.2, 0.25) is 0 Å². The minimum Gasteiger partial charge on any atom is -0.487 e. The van der Waals surface area contributed by atoms with E-state index in [0.29, 0.717) is 0 Å².